The van der Waals surface area contributed by atoms with Gasteiger partial charge < -0.3 is 9.72 Å². The molecule has 0 radical (unpaired) electrons. The van der Waals surface area contributed by atoms with Gasteiger partial charge in [-0.2, -0.15) is 5.10 Å². The number of hydrazone groups is 1. The first-order valence-corrected chi connectivity index (χ1v) is 10.4. The number of benzene rings is 2. The molecule has 4 rings (SSSR count). The molecule has 2 heterocycles. The zero-order valence-corrected chi connectivity index (χ0v) is 18.5. The Morgan fingerprint density at radius 1 is 1.06 bits per heavy atom. The fourth-order valence-electron chi connectivity index (χ4n) is 3.63. The number of anilines is 2. The number of amides is 1. The predicted molar refractivity (Wildman–Crippen MR) is 131 cm³/mol. The molecule has 2 aromatic carbocycles. The monoisotopic (exact) mass is 455 g/mol. The van der Waals surface area contributed by atoms with Crippen LogP contribution in [-0.2, 0) is 4.79 Å². The van der Waals surface area contributed by atoms with Crippen LogP contribution in [0.4, 0.5) is 17.1 Å². The molecule has 0 aliphatic carbocycles. The van der Waals surface area contributed by atoms with Crippen molar-refractivity contribution in [2.24, 2.45) is 5.10 Å². The number of nitrogens with one attached hydrogen (secondary N) is 2. The number of aryl methyl sites for hydroxylation is 1. The van der Waals surface area contributed by atoms with Gasteiger partial charge in [0.2, 0.25) is 11.7 Å². The first-order valence-electron chi connectivity index (χ1n) is 10.4. The molecule has 2 aromatic heterocycles. The van der Waals surface area contributed by atoms with Crippen molar-refractivity contribution >= 4 is 40.5 Å². The second-order valence-electron chi connectivity index (χ2n) is 7.66. The summed E-state index contributed by atoms with van der Waals surface area (Å²) in [5.41, 5.74) is 6.28. The van der Waals surface area contributed by atoms with E-state index in [0.29, 0.717) is 11.4 Å². The fourth-order valence-corrected chi connectivity index (χ4v) is 3.63. The molecule has 2 N–H and O–H groups in total. The first-order chi connectivity index (χ1) is 16.3. The molecule has 0 aliphatic heterocycles. The van der Waals surface area contributed by atoms with Crippen molar-refractivity contribution in [3.05, 3.63) is 105 Å². The van der Waals surface area contributed by atoms with Crippen LogP contribution in [0.5, 0.6) is 0 Å². The largest absolute Gasteiger partial charge is 0.326 e. The van der Waals surface area contributed by atoms with Gasteiger partial charge in [0.05, 0.1) is 16.8 Å². The van der Waals surface area contributed by atoms with Crippen molar-refractivity contribution in [1.82, 2.24) is 4.40 Å². The standard InChI is InChI=1S/C25H21N5O4/c1-16-13-21-5-3-4-12-29(21)24(16)25(32)19-8-11-22(23(14-19)30(33)34)28-26-15-18-6-9-20(10-7-18)27-17(2)31/h3-15,28H,1-2H3,(H,27,31)/b26-15+. The van der Waals surface area contributed by atoms with Crippen molar-refractivity contribution in [3.8, 4) is 0 Å². The summed E-state index contributed by atoms with van der Waals surface area (Å²) in [6.07, 6.45) is 3.29. The van der Waals surface area contributed by atoms with Crippen LogP contribution in [0.25, 0.3) is 5.52 Å². The Morgan fingerprint density at radius 2 is 1.82 bits per heavy atom. The highest BCUT2D eigenvalue weighted by atomic mass is 16.6. The Bertz CT molecular complexity index is 1440. The normalized spacial score (nSPS) is 11.0. The Labute approximate surface area is 194 Å². The number of ketones is 1. The number of hydrogen-bond donors (Lipinski definition) is 2. The van der Waals surface area contributed by atoms with Crippen molar-refractivity contribution in [2.75, 3.05) is 10.7 Å². The smallest absolute Gasteiger partial charge is 0.294 e. The van der Waals surface area contributed by atoms with Crippen LogP contribution >= 0.6 is 0 Å². The summed E-state index contributed by atoms with van der Waals surface area (Å²) < 4.78 is 1.77. The number of nitrogens with zero attached hydrogens (tertiary/aromatic N) is 3. The van der Waals surface area contributed by atoms with Gasteiger partial charge in [0.1, 0.15) is 5.69 Å². The van der Waals surface area contributed by atoms with Crippen LogP contribution in [0.3, 0.4) is 0 Å². The lowest BCUT2D eigenvalue weighted by Gasteiger charge is -2.07. The maximum atomic E-state index is 13.2. The third kappa shape index (κ3) is 4.68. The molecule has 34 heavy (non-hydrogen) atoms. The van der Waals surface area contributed by atoms with Gasteiger partial charge in [-0.1, -0.05) is 18.2 Å². The summed E-state index contributed by atoms with van der Waals surface area (Å²) in [7, 11) is 0. The van der Waals surface area contributed by atoms with Gasteiger partial charge in [-0.25, -0.2) is 0 Å². The lowest BCUT2D eigenvalue weighted by atomic mass is 10.0. The Hall–Kier alpha value is -4.79. The Balaban J connectivity index is 1.56. The van der Waals surface area contributed by atoms with E-state index in [4.69, 9.17) is 0 Å². The summed E-state index contributed by atoms with van der Waals surface area (Å²) in [6.45, 7) is 3.26. The molecular formula is C25H21N5O4. The molecule has 0 saturated carbocycles. The van der Waals surface area contributed by atoms with E-state index in [0.717, 1.165) is 16.6 Å². The van der Waals surface area contributed by atoms with Crippen LogP contribution in [0.2, 0.25) is 0 Å². The van der Waals surface area contributed by atoms with Gasteiger partial charge in [0.15, 0.2) is 0 Å². The zero-order chi connectivity index (χ0) is 24.2. The number of carbonyl (C=O) groups is 2. The SMILES string of the molecule is CC(=O)Nc1ccc(/C=N/Nc2ccc(C(=O)c3c(C)cc4ccccn34)cc2[N+](=O)[O-])cc1. The molecule has 0 aliphatic rings. The van der Waals surface area contributed by atoms with Gasteiger partial charge in [-0.15, -0.1) is 0 Å². The average molecular weight is 455 g/mol. The molecule has 0 saturated heterocycles. The molecule has 0 bridgehead atoms. The van der Waals surface area contributed by atoms with Crippen LogP contribution in [0.1, 0.15) is 34.1 Å². The average Bonchev–Trinajstić information content (AvgIpc) is 3.15. The molecule has 4 aromatic rings. The van der Waals surface area contributed by atoms with E-state index in [1.807, 2.05) is 31.2 Å². The summed E-state index contributed by atoms with van der Waals surface area (Å²) in [5.74, 6) is -0.473. The molecule has 9 heteroatoms. The molecule has 0 unspecified atom stereocenters. The summed E-state index contributed by atoms with van der Waals surface area (Å²) in [6, 6.07) is 18.7. The maximum absolute atomic E-state index is 13.2. The molecule has 1 amide bonds. The minimum Gasteiger partial charge on any atom is -0.326 e. The topological polar surface area (TPSA) is 118 Å². The van der Waals surface area contributed by atoms with E-state index in [9.17, 15) is 19.7 Å². The maximum Gasteiger partial charge on any atom is 0.294 e. The highest BCUT2D eigenvalue weighted by Gasteiger charge is 2.21. The zero-order valence-electron chi connectivity index (χ0n) is 18.5. The van der Waals surface area contributed by atoms with Crippen molar-refractivity contribution in [3.63, 3.8) is 0 Å². The van der Waals surface area contributed by atoms with Crippen LogP contribution in [0.15, 0.2) is 78.0 Å². The van der Waals surface area contributed by atoms with Crippen LogP contribution < -0.4 is 10.7 Å². The molecule has 0 spiro atoms. The second-order valence-corrected chi connectivity index (χ2v) is 7.66. The number of pyridine rings is 1. The van der Waals surface area contributed by atoms with Gasteiger partial charge in [-0.05, 0) is 60.5 Å². The Kier molecular flexibility index (Phi) is 6.18. The highest BCUT2D eigenvalue weighted by molar-refractivity contribution is 6.10. The molecule has 170 valence electrons. The van der Waals surface area contributed by atoms with Gasteiger partial charge in [0, 0.05) is 36.0 Å². The fraction of sp³-hybridized carbons (Fsp3) is 0.0800. The van der Waals surface area contributed by atoms with E-state index in [2.05, 4.69) is 15.8 Å². The number of fused-ring (bicyclic) bond motifs is 1. The van der Waals surface area contributed by atoms with Crippen molar-refractivity contribution < 1.29 is 14.5 Å². The van der Waals surface area contributed by atoms with Gasteiger partial charge >= 0.3 is 0 Å². The van der Waals surface area contributed by atoms with Crippen LogP contribution in [-0.4, -0.2) is 27.2 Å². The molecular weight excluding hydrogens is 434 g/mol. The predicted octanol–water partition coefficient (Wildman–Crippen LogP) is 4.79. The third-order valence-electron chi connectivity index (χ3n) is 5.17. The van der Waals surface area contributed by atoms with Gasteiger partial charge in [-0.3, -0.25) is 25.1 Å². The summed E-state index contributed by atoms with van der Waals surface area (Å²) >= 11 is 0. The number of carbonyl (C=O) groups excluding carboxylic acids is 2. The Morgan fingerprint density at radius 3 is 2.53 bits per heavy atom. The number of hydrogen-bond acceptors (Lipinski definition) is 6. The van der Waals surface area contributed by atoms with E-state index < -0.39 is 4.92 Å². The van der Waals surface area contributed by atoms with E-state index in [-0.39, 0.29) is 28.6 Å². The summed E-state index contributed by atoms with van der Waals surface area (Å²) in [4.78, 5) is 35.4. The lowest BCUT2D eigenvalue weighted by Crippen LogP contribution is -2.08. The highest BCUT2D eigenvalue weighted by Crippen LogP contribution is 2.28. The molecule has 0 atom stereocenters. The lowest BCUT2D eigenvalue weighted by molar-refractivity contribution is -0.384. The number of nitro benzene ring substituents is 1. The van der Waals surface area contributed by atoms with E-state index in [1.54, 1.807) is 34.9 Å². The minimum absolute atomic E-state index is 0.157. The van der Waals surface area contributed by atoms with Crippen LogP contribution in [0, 0.1) is 17.0 Å². The number of rotatable bonds is 7. The second kappa shape index (κ2) is 9.37. The van der Waals surface area contributed by atoms with Crippen molar-refractivity contribution in [2.45, 2.75) is 13.8 Å². The van der Waals surface area contributed by atoms with E-state index >= 15 is 0 Å². The van der Waals surface area contributed by atoms with Gasteiger partial charge in [0.25, 0.3) is 5.69 Å². The molecule has 0 fully saturated rings. The first kappa shape index (κ1) is 22.4. The van der Waals surface area contributed by atoms with E-state index in [1.165, 1.54) is 31.3 Å². The molecule has 9 nitrogen and oxygen atoms in total. The van der Waals surface area contributed by atoms with Crippen molar-refractivity contribution in [1.29, 1.82) is 0 Å². The minimum atomic E-state index is -0.556. The quantitative estimate of drug-likeness (QED) is 0.180. The summed E-state index contributed by atoms with van der Waals surface area (Å²) in [5, 5.41) is 18.4. The number of aromatic nitrogens is 1. The number of nitro groups is 1. The third-order valence-corrected chi connectivity index (χ3v) is 5.17.